The van der Waals surface area contributed by atoms with Gasteiger partial charge in [-0.05, 0) is 75.6 Å². The fourth-order valence-electron chi connectivity index (χ4n) is 3.86. The monoisotopic (exact) mass is 421 g/mol. The summed E-state index contributed by atoms with van der Waals surface area (Å²) in [7, 11) is 0. The first-order chi connectivity index (χ1) is 14.8. The van der Waals surface area contributed by atoms with E-state index in [1.165, 1.54) is 11.8 Å². The number of hydrogen-bond donors (Lipinski definition) is 5. The number of H-pyrrole nitrogens is 1. The molecule has 3 rings (SSSR count). The molecular weight excluding hydrogens is 390 g/mol. The van der Waals surface area contributed by atoms with Gasteiger partial charge in [-0.15, -0.1) is 0 Å². The Morgan fingerprint density at radius 3 is 2.65 bits per heavy atom. The topological polar surface area (TPSA) is 110 Å². The van der Waals surface area contributed by atoms with E-state index in [1.54, 1.807) is 0 Å². The van der Waals surface area contributed by atoms with Gasteiger partial charge in [-0.2, -0.15) is 0 Å². The molecule has 1 aromatic carbocycles. The molecule has 7 nitrogen and oxygen atoms in total. The molecule has 0 spiro atoms. The maximum atomic E-state index is 13.2. The molecule has 0 radical (unpaired) electrons. The zero-order valence-electron chi connectivity index (χ0n) is 18.6. The Bertz CT molecular complexity index is 1080. The number of pyridine rings is 1. The molecule has 31 heavy (non-hydrogen) atoms. The molecule has 164 valence electrons. The summed E-state index contributed by atoms with van der Waals surface area (Å²) in [5, 5.41) is 17.5. The van der Waals surface area contributed by atoms with Crippen molar-refractivity contribution in [2.75, 3.05) is 18.4 Å². The second kappa shape index (κ2) is 9.75. The molecule has 1 amide bonds. The molecule has 0 unspecified atom stereocenters. The molecule has 5 N–H and O–H groups in total. The number of benzene rings is 1. The molecular formula is C24H31N5O2. The van der Waals surface area contributed by atoms with Gasteiger partial charge in [0.2, 0.25) is 0 Å². The lowest BCUT2D eigenvalue weighted by Gasteiger charge is -2.20. The fourth-order valence-corrected chi connectivity index (χ4v) is 3.86. The van der Waals surface area contributed by atoms with Crippen LogP contribution in [-0.4, -0.2) is 36.2 Å². The number of anilines is 1. The van der Waals surface area contributed by atoms with E-state index in [-0.39, 0.29) is 24.1 Å². The van der Waals surface area contributed by atoms with Gasteiger partial charge in [-0.1, -0.05) is 6.08 Å². The summed E-state index contributed by atoms with van der Waals surface area (Å²) in [6.07, 6.45) is 4.23. The maximum absolute atomic E-state index is 13.2. The number of aromatic amines is 1. The number of carbonyl (C=O) groups excluding carboxylic acids is 1. The van der Waals surface area contributed by atoms with E-state index < -0.39 is 0 Å². The maximum Gasteiger partial charge on any atom is 0.253 e. The minimum absolute atomic E-state index is 0.126. The van der Waals surface area contributed by atoms with Crippen LogP contribution in [0.3, 0.4) is 0 Å². The fraction of sp³-hybridized carbons (Fsp3) is 0.375. The normalized spacial score (nSPS) is 13.6. The second-order valence-corrected chi connectivity index (χ2v) is 8.24. The van der Waals surface area contributed by atoms with Crippen molar-refractivity contribution in [3.63, 3.8) is 0 Å². The van der Waals surface area contributed by atoms with Crippen LogP contribution in [0.25, 0.3) is 5.57 Å². The van der Waals surface area contributed by atoms with Crippen molar-refractivity contribution in [1.82, 2.24) is 15.6 Å². The van der Waals surface area contributed by atoms with Crippen molar-refractivity contribution in [3.05, 3.63) is 68.1 Å². The van der Waals surface area contributed by atoms with Gasteiger partial charge in [0.15, 0.2) is 0 Å². The summed E-state index contributed by atoms with van der Waals surface area (Å²) in [5.74, 6) is -0.305. The first-order valence-electron chi connectivity index (χ1n) is 10.6. The summed E-state index contributed by atoms with van der Waals surface area (Å²) in [4.78, 5) is 28.3. The highest BCUT2D eigenvalue weighted by Gasteiger charge is 2.19. The zero-order chi connectivity index (χ0) is 22.5. The zero-order valence-corrected chi connectivity index (χ0v) is 18.6. The standard InChI is InChI=1S/C24H31N5O2/c1-14(2)28-22-11-18(17-5-7-26-8-6-17)10-19(20(22)12-25)23(30)27-13-21-15(3)9-16(4)29-24(21)31/h5,9-12,14,25-26,28H,6-8,13H2,1-4H3,(H,27,30)(H,29,31). The van der Waals surface area contributed by atoms with Crippen molar-refractivity contribution in [3.8, 4) is 0 Å². The SMILES string of the molecule is Cc1cc(C)c(CNC(=O)c2cc(C3=CCNCC3)cc(NC(C)C)c2C=N)c(=O)[nH]1. The average molecular weight is 422 g/mol. The van der Waals surface area contributed by atoms with E-state index in [2.05, 4.69) is 27.0 Å². The van der Waals surface area contributed by atoms with Crippen molar-refractivity contribution < 1.29 is 4.79 Å². The van der Waals surface area contributed by atoms with E-state index in [1.807, 2.05) is 45.9 Å². The molecule has 2 heterocycles. The smallest absolute Gasteiger partial charge is 0.253 e. The molecule has 0 saturated heterocycles. The Labute approximate surface area is 182 Å². The third-order valence-electron chi connectivity index (χ3n) is 5.37. The predicted molar refractivity (Wildman–Crippen MR) is 126 cm³/mol. The summed E-state index contributed by atoms with van der Waals surface area (Å²) >= 11 is 0. The van der Waals surface area contributed by atoms with Crippen LogP contribution in [0.1, 0.15) is 58.6 Å². The summed E-state index contributed by atoms with van der Waals surface area (Å²) < 4.78 is 0. The first-order valence-corrected chi connectivity index (χ1v) is 10.6. The first kappa shape index (κ1) is 22.5. The van der Waals surface area contributed by atoms with Gasteiger partial charge < -0.3 is 26.3 Å². The van der Waals surface area contributed by atoms with E-state index in [4.69, 9.17) is 5.41 Å². The third-order valence-corrected chi connectivity index (χ3v) is 5.37. The second-order valence-electron chi connectivity index (χ2n) is 8.24. The van der Waals surface area contributed by atoms with Crippen LogP contribution in [0.15, 0.2) is 29.1 Å². The molecule has 0 aliphatic carbocycles. The minimum atomic E-state index is -0.305. The molecule has 0 fully saturated rings. The number of carbonyl (C=O) groups is 1. The molecule has 0 bridgehead atoms. The van der Waals surface area contributed by atoms with Gasteiger partial charge in [-0.3, -0.25) is 9.59 Å². The van der Waals surface area contributed by atoms with Crippen LogP contribution in [0.2, 0.25) is 0 Å². The number of hydrogen-bond acceptors (Lipinski definition) is 5. The quantitative estimate of drug-likeness (QED) is 0.443. The minimum Gasteiger partial charge on any atom is -0.382 e. The van der Waals surface area contributed by atoms with E-state index in [9.17, 15) is 9.59 Å². The molecule has 1 aromatic heterocycles. The van der Waals surface area contributed by atoms with Gasteiger partial charge in [0, 0.05) is 47.9 Å². The van der Waals surface area contributed by atoms with Crippen molar-refractivity contribution in [1.29, 1.82) is 5.41 Å². The Balaban J connectivity index is 1.97. The van der Waals surface area contributed by atoms with Gasteiger partial charge in [-0.25, -0.2) is 0 Å². The molecule has 1 aliphatic rings. The van der Waals surface area contributed by atoms with Crippen LogP contribution in [0.4, 0.5) is 5.69 Å². The Kier molecular flexibility index (Phi) is 7.07. The van der Waals surface area contributed by atoms with Crippen LogP contribution in [0.5, 0.6) is 0 Å². The lowest BCUT2D eigenvalue weighted by Crippen LogP contribution is -2.29. The van der Waals surface area contributed by atoms with E-state index in [0.717, 1.165) is 42.0 Å². The largest absolute Gasteiger partial charge is 0.382 e. The van der Waals surface area contributed by atoms with Crippen LogP contribution >= 0.6 is 0 Å². The Morgan fingerprint density at radius 2 is 2.03 bits per heavy atom. The van der Waals surface area contributed by atoms with Crippen LogP contribution in [-0.2, 0) is 6.54 Å². The Morgan fingerprint density at radius 1 is 1.26 bits per heavy atom. The van der Waals surface area contributed by atoms with Gasteiger partial charge >= 0.3 is 0 Å². The molecule has 2 aromatic rings. The summed E-state index contributed by atoms with van der Waals surface area (Å²) in [5.41, 5.74) is 5.85. The lowest BCUT2D eigenvalue weighted by molar-refractivity contribution is 0.0950. The highest BCUT2D eigenvalue weighted by atomic mass is 16.1. The van der Waals surface area contributed by atoms with Gasteiger partial charge in [0.1, 0.15) is 0 Å². The van der Waals surface area contributed by atoms with E-state index in [0.29, 0.717) is 16.7 Å². The molecule has 0 atom stereocenters. The van der Waals surface area contributed by atoms with Gasteiger partial charge in [0.25, 0.3) is 11.5 Å². The highest BCUT2D eigenvalue weighted by Crippen LogP contribution is 2.28. The molecule has 1 aliphatic heterocycles. The van der Waals surface area contributed by atoms with Crippen LogP contribution < -0.4 is 21.5 Å². The molecule has 0 saturated carbocycles. The van der Waals surface area contributed by atoms with E-state index >= 15 is 0 Å². The van der Waals surface area contributed by atoms with Crippen LogP contribution in [0, 0.1) is 19.3 Å². The summed E-state index contributed by atoms with van der Waals surface area (Å²) in [6, 6.07) is 5.91. The number of aryl methyl sites for hydroxylation is 2. The summed E-state index contributed by atoms with van der Waals surface area (Å²) in [6.45, 7) is 9.56. The lowest BCUT2D eigenvalue weighted by atomic mass is 9.94. The highest BCUT2D eigenvalue weighted by molar-refractivity contribution is 6.06. The van der Waals surface area contributed by atoms with Gasteiger partial charge in [0.05, 0.1) is 5.56 Å². The number of rotatable bonds is 7. The number of aromatic nitrogens is 1. The van der Waals surface area contributed by atoms with Crippen molar-refractivity contribution in [2.24, 2.45) is 0 Å². The Hall–Kier alpha value is -3.19. The third kappa shape index (κ3) is 5.30. The number of amides is 1. The molecule has 7 heteroatoms. The van der Waals surface area contributed by atoms with Crippen molar-refractivity contribution in [2.45, 2.75) is 46.7 Å². The van der Waals surface area contributed by atoms with Crippen molar-refractivity contribution >= 4 is 23.4 Å². The average Bonchev–Trinajstić information content (AvgIpc) is 2.72. The predicted octanol–water partition coefficient (Wildman–Crippen LogP) is 3.12. The number of nitrogens with one attached hydrogen (secondary N) is 5.